The fourth-order valence-electron chi connectivity index (χ4n) is 3.25. The molecule has 174 valence electrons. The SMILES string of the molecule is CCN(CC)CCC[NH+]=c1cc(-c2ccccc2)oc2ccc(OC)cc12.[O-][Cl+3]([O-])([O-])[O-]. The van der Waals surface area contributed by atoms with Crippen LogP contribution < -0.4 is 33.7 Å². The molecule has 0 bridgehead atoms. The average Bonchev–Trinajstić information content (AvgIpc) is 2.78. The third kappa shape index (κ3) is 8.58. The lowest BCUT2D eigenvalue weighted by Crippen LogP contribution is -2.77. The summed E-state index contributed by atoms with van der Waals surface area (Å²) in [5, 5.41) is 2.12. The third-order valence-corrected chi connectivity index (χ3v) is 4.89. The monoisotopic (exact) mass is 464 g/mol. The molecule has 1 N–H and O–H groups in total. The van der Waals surface area contributed by atoms with Gasteiger partial charge in [-0.05, 0) is 31.3 Å². The molecule has 1 heterocycles. The quantitative estimate of drug-likeness (QED) is 0.384. The third-order valence-electron chi connectivity index (χ3n) is 4.89. The number of hydrogen-bond acceptors (Lipinski definition) is 7. The lowest BCUT2D eigenvalue weighted by molar-refractivity contribution is -2.00. The number of ether oxygens (including phenoxy) is 1. The maximum absolute atomic E-state index is 8.49. The van der Waals surface area contributed by atoms with Crippen molar-refractivity contribution in [2.24, 2.45) is 0 Å². The number of halogens is 1. The molecule has 32 heavy (non-hydrogen) atoms. The van der Waals surface area contributed by atoms with Gasteiger partial charge in [-0.2, -0.15) is 0 Å². The van der Waals surface area contributed by atoms with Crippen LogP contribution in [0.3, 0.4) is 0 Å². The highest BCUT2D eigenvalue weighted by molar-refractivity contribution is 5.79. The van der Waals surface area contributed by atoms with Crippen molar-refractivity contribution in [2.45, 2.75) is 20.3 Å². The minimum Gasteiger partial charge on any atom is -0.497 e. The molecule has 0 saturated heterocycles. The maximum Gasteiger partial charge on any atom is 0.213 e. The van der Waals surface area contributed by atoms with Gasteiger partial charge >= 0.3 is 0 Å². The Hall–Kier alpha value is -2.46. The predicted molar refractivity (Wildman–Crippen MR) is 110 cm³/mol. The highest BCUT2D eigenvalue weighted by Crippen LogP contribution is 2.23. The molecular formula is C23H29ClN2O6. The molecule has 1 aromatic heterocycles. The van der Waals surface area contributed by atoms with Crippen LogP contribution in [0.15, 0.2) is 59.0 Å². The lowest BCUT2D eigenvalue weighted by atomic mass is 10.1. The van der Waals surface area contributed by atoms with E-state index in [1.807, 2.05) is 36.4 Å². The molecule has 0 aliphatic carbocycles. The Bertz CT molecular complexity index is 1020. The van der Waals surface area contributed by atoms with E-state index in [2.05, 4.69) is 41.9 Å². The van der Waals surface area contributed by atoms with Crippen LogP contribution in [0.4, 0.5) is 0 Å². The zero-order valence-electron chi connectivity index (χ0n) is 18.5. The van der Waals surface area contributed by atoms with Crippen LogP contribution >= 0.6 is 0 Å². The highest BCUT2D eigenvalue weighted by Gasteiger charge is 2.10. The van der Waals surface area contributed by atoms with Gasteiger partial charge < -0.3 is 14.1 Å². The fourth-order valence-corrected chi connectivity index (χ4v) is 3.25. The standard InChI is InChI=1S/C23H28N2O2.ClHO4/c1-4-25(5-2)15-9-14-24-21-17-23(18-10-7-6-8-11-18)27-22-13-12-19(26-3)16-20(21)22;2-1(3,4)5/h6-8,10-13,16-17H,4-5,9,14-15H2,1-3H3;(H,2,3,4,5). The molecule has 0 aliphatic heterocycles. The van der Waals surface area contributed by atoms with E-state index < -0.39 is 10.2 Å². The van der Waals surface area contributed by atoms with Crippen molar-refractivity contribution < 1.29 is 43.0 Å². The van der Waals surface area contributed by atoms with Gasteiger partial charge in [-0.15, -0.1) is 10.2 Å². The Kier molecular flexibility index (Phi) is 10.1. The van der Waals surface area contributed by atoms with E-state index in [1.165, 1.54) is 0 Å². The Morgan fingerprint density at radius 1 is 0.969 bits per heavy atom. The first kappa shape index (κ1) is 25.8. The van der Waals surface area contributed by atoms with E-state index in [-0.39, 0.29) is 0 Å². The second-order valence-electron chi connectivity index (χ2n) is 6.94. The minimum absolute atomic E-state index is 0.830. The van der Waals surface area contributed by atoms with Gasteiger partial charge in [-0.1, -0.05) is 44.2 Å². The van der Waals surface area contributed by atoms with E-state index in [4.69, 9.17) is 27.8 Å². The van der Waals surface area contributed by atoms with E-state index in [1.54, 1.807) is 7.11 Å². The Balaban J connectivity index is 0.000000654. The first-order valence-corrected chi connectivity index (χ1v) is 11.6. The van der Waals surface area contributed by atoms with Gasteiger partial charge in [0.2, 0.25) is 5.36 Å². The van der Waals surface area contributed by atoms with Crippen LogP contribution in [0.5, 0.6) is 5.75 Å². The summed E-state index contributed by atoms with van der Waals surface area (Å²) in [4.78, 5) is 6.05. The number of rotatable bonds is 8. The summed E-state index contributed by atoms with van der Waals surface area (Å²) in [6.45, 7) is 8.63. The number of benzene rings is 2. The summed E-state index contributed by atoms with van der Waals surface area (Å²) in [6, 6.07) is 18.2. The summed E-state index contributed by atoms with van der Waals surface area (Å²) in [7, 11) is -3.26. The summed E-state index contributed by atoms with van der Waals surface area (Å²) in [5.74, 6) is 1.69. The smallest absolute Gasteiger partial charge is 0.213 e. The van der Waals surface area contributed by atoms with Crippen molar-refractivity contribution in [1.29, 1.82) is 0 Å². The van der Waals surface area contributed by atoms with E-state index in [0.29, 0.717) is 0 Å². The minimum atomic E-state index is -4.94. The van der Waals surface area contributed by atoms with Crippen LogP contribution in [0.1, 0.15) is 20.3 Å². The van der Waals surface area contributed by atoms with E-state index in [0.717, 1.165) is 66.0 Å². The fraction of sp³-hybridized carbons (Fsp3) is 0.348. The van der Waals surface area contributed by atoms with Crippen molar-refractivity contribution in [3.05, 3.63) is 60.0 Å². The van der Waals surface area contributed by atoms with Gasteiger partial charge in [0.25, 0.3) is 0 Å². The Labute approximate surface area is 189 Å². The molecule has 0 aliphatic rings. The van der Waals surface area contributed by atoms with E-state index >= 15 is 0 Å². The Morgan fingerprint density at radius 3 is 2.22 bits per heavy atom. The van der Waals surface area contributed by atoms with Gasteiger partial charge in [-0.3, -0.25) is 0 Å². The second kappa shape index (κ2) is 12.5. The highest BCUT2D eigenvalue weighted by atomic mass is 35.7. The van der Waals surface area contributed by atoms with Crippen LogP contribution in [-0.4, -0.2) is 38.2 Å². The molecule has 0 radical (unpaired) electrons. The molecule has 0 unspecified atom stereocenters. The van der Waals surface area contributed by atoms with Gasteiger partial charge in [-0.25, -0.2) is 23.6 Å². The summed E-state index contributed by atoms with van der Waals surface area (Å²) in [5.41, 5.74) is 1.92. The van der Waals surface area contributed by atoms with Gasteiger partial charge in [0.15, 0.2) is 0 Å². The molecular weight excluding hydrogens is 436 g/mol. The van der Waals surface area contributed by atoms with Crippen LogP contribution in [0, 0.1) is 10.2 Å². The summed E-state index contributed by atoms with van der Waals surface area (Å²) >= 11 is 0. The maximum atomic E-state index is 8.49. The van der Waals surface area contributed by atoms with Gasteiger partial charge in [0.05, 0.1) is 18.6 Å². The zero-order valence-corrected chi connectivity index (χ0v) is 19.3. The summed E-state index contributed by atoms with van der Waals surface area (Å²) in [6.07, 6.45) is 1.10. The van der Waals surface area contributed by atoms with Crippen molar-refractivity contribution in [3.8, 4) is 17.1 Å². The van der Waals surface area contributed by atoms with Gasteiger partial charge in [0.1, 0.15) is 23.6 Å². The molecule has 8 nitrogen and oxygen atoms in total. The zero-order chi connectivity index (χ0) is 23.6. The van der Waals surface area contributed by atoms with Crippen LogP contribution in [-0.2, 0) is 0 Å². The molecule has 0 fully saturated rings. The Morgan fingerprint density at radius 2 is 1.62 bits per heavy atom. The topological polar surface area (TPSA) is 132 Å². The molecule has 0 spiro atoms. The number of hydrogen-bond donors (Lipinski definition) is 1. The van der Waals surface area contributed by atoms with Crippen molar-refractivity contribution in [3.63, 3.8) is 0 Å². The average molecular weight is 465 g/mol. The van der Waals surface area contributed by atoms with Crippen molar-refractivity contribution in [2.75, 3.05) is 33.3 Å². The van der Waals surface area contributed by atoms with Crippen LogP contribution in [0.2, 0.25) is 0 Å². The normalized spacial score (nSPS) is 12.1. The predicted octanol–water partition coefficient (Wildman–Crippen LogP) is -1.93. The van der Waals surface area contributed by atoms with Crippen LogP contribution in [0.25, 0.3) is 22.3 Å². The molecule has 9 heteroatoms. The summed E-state index contributed by atoms with van der Waals surface area (Å²) < 4.78 is 45.5. The largest absolute Gasteiger partial charge is 0.497 e. The molecule has 3 rings (SSSR count). The number of methoxy groups -OCH3 is 1. The van der Waals surface area contributed by atoms with E-state index in [9.17, 15) is 0 Å². The molecule has 0 amide bonds. The molecule has 3 aromatic rings. The van der Waals surface area contributed by atoms with Crippen molar-refractivity contribution >= 4 is 11.0 Å². The first-order valence-electron chi connectivity index (χ1n) is 10.3. The van der Waals surface area contributed by atoms with Crippen molar-refractivity contribution in [1.82, 2.24) is 4.90 Å². The van der Waals surface area contributed by atoms with Gasteiger partial charge in [0, 0.05) is 18.5 Å². The lowest BCUT2D eigenvalue weighted by Gasteiger charge is -2.17. The molecule has 0 saturated carbocycles. The number of nitrogens with zero attached hydrogens (tertiary/aromatic N) is 1. The number of nitrogens with one attached hydrogen (secondary N) is 1. The second-order valence-corrected chi connectivity index (χ2v) is 7.69. The molecule has 0 atom stereocenters. The molecule has 2 aromatic carbocycles. The number of fused-ring (bicyclic) bond motifs is 1. The first-order chi connectivity index (χ1) is 15.2.